The van der Waals surface area contributed by atoms with Gasteiger partial charge in [-0.3, -0.25) is 0 Å². The smallest absolute Gasteiger partial charge is 0.0427 e. The molecule has 0 spiro atoms. The lowest BCUT2D eigenvalue weighted by Gasteiger charge is -2.02. The zero-order chi connectivity index (χ0) is 10.1. The summed E-state index contributed by atoms with van der Waals surface area (Å²) in [7, 11) is 0. The molecule has 0 aliphatic carbocycles. The Kier molecular flexibility index (Phi) is 2.04. The number of hydrogen-bond acceptors (Lipinski definition) is 1. The maximum absolute atomic E-state index is 3.25. The Hall–Kier alpha value is -1.60. The minimum absolute atomic E-state index is 1.21. The molecule has 0 aliphatic heterocycles. The summed E-state index contributed by atoms with van der Waals surface area (Å²) in [5, 5.41) is 3.23. The van der Waals surface area contributed by atoms with Crippen molar-refractivity contribution in [3.63, 3.8) is 0 Å². The molecule has 0 unspecified atom stereocenters. The van der Waals surface area contributed by atoms with Gasteiger partial charge in [-0.05, 0) is 16.5 Å². The second kappa shape index (κ2) is 3.52. The molecule has 15 heavy (non-hydrogen) atoms. The minimum atomic E-state index is 1.21. The van der Waals surface area contributed by atoms with Crippen LogP contribution in [0, 0.1) is 6.07 Å². The predicted molar refractivity (Wildman–Crippen MR) is 66.1 cm³/mol. The Balaban J connectivity index is 2.31. The van der Waals surface area contributed by atoms with E-state index in [2.05, 4.69) is 48.5 Å². The van der Waals surface area contributed by atoms with Crippen LogP contribution in [0.15, 0.2) is 53.9 Å². The van der Waals surface area contributed by atoms with Crippen molar-refractivity contribution >= 4 is 21.4 Å². The number of rotatable bonds is 1. The summed E-state index contributed by atoms with van der Waals surface area (Å²) in [6.07, 6.45) is 0. The van der Waals surface area contributed by atoms with Gasteiger partial charge in [-0.2, -0.15) is 0 Å². The maximum Gasteiger partial charge on any atom is 0.0427 e. The second-order valence-corrected chi connectivity index (χ2v) is 4.31. The fourth-order valence-electron chi connectivity index (χ4n) is 1.77. The molecule has 0 N–H and O–H groups in total. The third-order valence-electron chi connectivity index (χ3n) is 2.49. The first-order chi connectivity index (χ1) is 7.45. The van der Waals surface area contributed by atoms with Crippen molar-refractivity contribution < 1.29 is 0 Å². The van der Waals surface area contributed by atoms with E-state index in [0.29, 0.717) is 0 Å². The SMILES string of the molecule is [c]1csc2c(-c3ccccc3)cccc12. The van der Waals surface area contributed by atoms with Gasteiger partial charge in [-0.1, -0.05) is 48.5 Å². The Morgan fingerprint density at radius 1 is 0.867 bits per heavy atom. The summed E-state index contributed by atoms with van der Waals surface area (Å²) in [6.45, 7) is 0. The van der Waals surface area contributed by atoms with Gasteiger partial charge in [-0.25, -0.2) is 0 Å². The van der Waals surface area contributed by atoms with E-state index in [4.69, 9.17) is 0 Å². The molecular formula is C14H9S. The molecule has 3 rings (SSSR count). The Morgan fingerprint density at radius 2 is 1.73 bits per heavy atom. The van der Waals surface area contributed by atoms with Crippen LogP contribution in [0.25, 0.3) is 21.2 Å². The number of thiophene rings is 1. The molecule has 71 valence electrons. The van der Waals surface area contributed by atoms with E-state index in [1.807, 2.05) is 11.4 Å². The molecule has 0 amide bonds. The predicted octanol–water partition coefficient (Wildman–Crippen LogP) is 4.37. The van der Waals surface area contributed by atoms with Gasteiger partial charge >= 0.3 is 0 Å². The summed E-state index contributed by atoms with van der Waals surface area (Å²) >= 11 is 1.75. The van der Waals surface area contributed by atoms with Crippen LogP contribution in [-0.4, -0.2) is 0 Å². The average molecular weight is 209 g/mol. The van der Waals surface area contributed by atoms with Crippen LogP contribution < -0.4 is 0 Å². The van der Waals surface area contributed by atoms with Crippen molar-refractivity contribution in [2.75, 3.05) is 0 Å². The lowest BCUT2D eigenvalue weighted by Crippen LogP contribution is -1.76. The van der Waals surface area contributed by atoms with Gasteiger partial charge in [-0.15, -0.1) is 11.3 Å². The second-order valence-electron chi connectivity index (χ2n) is 3.43. The van der Waals surface area contributed by atoms with Gasteiger partial charge < -0.3 is 0 Å². The number of benzene rings is 2. The highest BCUT2D eigenvalue weighted by atomic mass is 32.1. The van der Waals surface area contributed by atoms with Crippen LogP contribution in [-0.2, 0) is 0 Å². The van der Waals surface area contributed by atoms with Crippen LogP contribution in [0.5, 0.6) is 0 Å². The Morgan fingerprint density at radius 3 is 2.60 bits per heavy atom. The molecule has 1 heteroatoms. The van der Waals surface area contributed by atoms with Crippen LogP contribution in [0.3, 0.4) is 0 Å². The lowest BCUT2D eigenvalue weighted by molar-refractivity contribution is 1.67. The molecule has 0 nitrogen and oxygen atoms in total. The van der Waals surface area contributed by atoms with Crippen molar-refractivity contribution in [3.8, 4) is 11.1 Å². The van der Waals surface area contributed by atoms with E-state index in [1.54, 1.807) is 11.3 Å². The van der Waals surface area contributed by atoms with E-state index in [1.165, 1.54) is 21.2 Å². The van der Waals surface area contributed by atoms with Crippen molar-refractivity contribution in [1.82, 2.24) is 0 Å². The van der Waals surface area contributed by atoms with Crippen molar-refractivity contribution in [2.24, 2.45) is 0 Å². The zero-order valence-corrected chi connectivity index (χ0v) is 8.92. The van der Waals surface area contributed by atoms with Gasteiger partial charge in [0.05, 0.1) is 0 Å². The zero-order valence-electron chi connectivity index (χ0n) is 8.10. The number of fused-ring (bicyclic) bond motifs is 1. The van der Waals surface area contributed by atoms with E-state index in [9.17, 15) is 0 Å². The molecule has 0 bridgehead atoms. The van der Waals surface area contributed by atoms with Gasteiger partial charge in [0.2, 0.25) is 0 Å². The first-order valence-corrected chi connectivity index (χ1v) is 5.76. The third-order valence-corrected chi connectivity index (χ3v) is 3.40. The minimum Gasteiger partial charge on any atom is -0.142 e. The highest BCUT2D eigenvalue weighted by Gasteiger charge is 2.03. The van der Waals surface area contributed by atoms with E-state index >= 15 is 0 Å². The van der Waals surface area contributed by atoms with Crippen molar-refractivity contribution in [2.45, 2.75) is 0 Å². The number of hydrogen-bond donors (Lipinski definition) is 0. The molecule has 2 aromatic carbocycles. The molecule has 0 atom stereocenters. The van der Waals surface area contributed by atoms with Crippen LogP contribution in [0.1, 0.15) is 0 Å². The first kappa shape index (κ1) is 8.69. The quantitative estimate of drug-likeness (QED) is 0.558. The molecule has 0 aliphatic rings. The fraction of sp³-hybridized carbons (Fsp3) is 0. The van der Waals surface area contributed by atoms with Crippen molar-refractivity contribution in [3.05, 3.63) is 60.0 Å². The average Bonchev–Trinajstić information content (AvgIpc) is 2.78. The summed E-state index contributed by atoms with van der Waals surface area (Å²) in [4.78, 5) is 0. The molecule has 0 saturated carbocycles. The maximum atomic E-state index is 3.25. The standard InChI is InChI=1S/C14H9S/c1-2-5-11(6-3-1)13-8-4-7-12-9-10-15-14(12)13/h1-8,10H. The van der Waals surface area contributed by atoms with Gasteiger partial charge in [0.15, 0.2) is 0 Å². The third kappa shape index (κ3) is 1.45. The summed E-state index contributed by atoms with van der Waals surface area (Å²) < 4.78 is 1.32. The van der Waals surface area contributed by atoms with Gasteiger partial charge in [0.1, 0.15) is 0 Å². The summed E-state index contributed by atoms with van der Waals surface area (Å²) in [6, 6.07) is 20.1. The monoisotopic (exact) mass is 209 g/mol. The Bertz CT molecular complexity index is 578. The first-order valence-electron chi connectivity index (χ1n) is 4.88. The van der Waals surface area contributed by atoms with Crippen LogP contribution >= 0.6 is 11.3 Å². The van der Waals surface area contributed by atoms with Crippen LogP contribution in [0.2, 0.25) is 0 Å². The van der Waals surface area contributed by atoms with Crippen molar-refractivity contribution in [1.29, 1.82) is 0 Å². The molecule has 1 radical (unpaired) electrons. The summed E-state index contributed by atoms with van der Waals surface area (Å²) in [5.74, 6) is 0. The fourth-order valence-corrected chi connectivity index (χ4v) is 2.65. The van der Waals surface area contributed by atoms with E-state index in [0.717, 1.165) is 0 Å². The Labute approximate surface area is 92.8 Å². The van der Waals surface area contributed by atoms with Crippen LogP contribution in [0.4, 0.5) is 0 Å². The molecular weight excluding hydrogens is 200 g/mol. The van der Waals surface area contributed by atoms with Gasteiger partial charge in [0.25, 0.3) is 0 Å². The topological polar surface area (TPSA) is 0 Å². The van der Waals surface area contributed by atoms with E-state index in [-0.39, 0.29) is 0 Å². The summed E-state index contributed by atoms with van der Waals surface area (Å²) in [5.41, 5.74) is 2.58. The highest BCUT2D eigenvalue weighted by Crippen LogP contribution is 2.31. The molecule has 0 fully saturated rings. The lowest BCUT2D eigenvalue weighted by atomic mass is 10.0. The molecule has 1 heterocycles. The molecule has 1 aromatic heterocycles. The molecule has 0 saturated heterocycles. The van der Waals surface area contributed by atoms with Gasteiger partial charge in [0, 0.05) is 16.2 Å². The largest absolute Gasteiger partial charge is 0.142 e. The highest BCUT2D eigenvalue weighted by molar-refractivity contribution is 7.17. The van der Waals surface area contributed by atoms with E-state index < -0.39 is 0 Å². The molecule has 3 aromatic rings. The normalized spacial score (nSPS) is 10.7.